The lowest BCUT2D eigenvalue weighted by molar-refractivity contribution is 0.669. The molecule has 0 aliphatic heterocycles. The molecule has 0 atom stereocenters. The van der Waals surface area contributed by atoms with Crippen molar-refractivity contribution in [3.63, 3.8) is 0 Å². The molecule has 3 heterocycles. The number of hydrogen-bond acceptors (Lipinski definition) is 4. The van der Waals surface area contributed by atoms with Crippen molar-refractivity contribution in [1.29, 1.82) is 0 Å². The molecule has 0 aliphatic carbocycles. The first-order chi connectivity index (χ1) is 16.9. The van der Waals surface area contributed by atoms with E-state index in [2.05, 4.69) is 46.4 Å². The minimum atomic E-state index is 0.598. The Morgan fingerprint density at radius 2 is 1.44 bits per heavy atom. The average molecular weight is 438 g/mol. The van der Waals surface area contributed by atoms with Crippen molar-refractivity contribution in [3.05, 3.63) is 109 Å². The summed E-state index contributed by atoms with van der Waals surface area (Å²) in [6.07, 6.45) is 3.36. The molecule has 0 fully saturated rings. The predicted molar refractivity (Wildman–Crippen MR) is 135 cm³/mol. The minimum Gasteiger partial charge on any atom is -0.455 e. The Hall–Kier alpha value is -4.77. The molecular weight excluding hydrogens is 420 g/mol. The third-order valence-electron chi connectivity index (χ3n) is 6.16. The van der Waals surface area contributed by atoms with Crippen LogP contribution < -0.4 is 0 Å². The third-order valence-corrected chi connectivity index (χ3v) is 6.16. The van der Waals surface area contributed by atoms with Crippen LogP contribution in [-0.2, 0) is 0 Å². The van der Waals surface area contributed by atoms with Gasteiger partial charge in [-0.2, -0.15) is 0 Å². The number of hydrogen-bond donors (Lipinski definition) is 0. The number of furan rings is 1. The van der Waals surface area contributed by atoms with E-state index in [1.807, 2.05) is 65.2 Å². The number of benzene rings is 4. The van der Waals surface area contributed by atoms with Gasteiger partial charge >= 0.3 is 0 Å². The van der Waals surface area contributed by atoms with Gasteiger partial charge in [0.25, 0.3) is 0 Å². The van der Waals surface area contributed by atoms with Crippen LogP contribution in [0.4, 0.5) is 0 Å². The minimum absolute atomic E-state index is 0.598. The van der Waals surface area contributed by atoms with E-state index >= 15 is 0 Å². The van der Waals surface area contributed by atoms with Crippen molar-refractivity contribution in [2.24, 2.45) is 0 Å². The number of nitrogens with zero attached hydrogens (tertiary/aromatic N) is 4. The van der Waals surface area contributed by atoms with E-state index in [4.69, 9.17) is 9.40 Å². The van der Waals surface area contributed by atoms with E-state index in [0.717, 1.165) is 50.1 Å². The molecule has 160 valence electrons. The monoisotopic (exact) mass is 438 g/mol. The molecule has 0 amide bonds. The molecule has 0 saturated carbocycles. The van der Waals surface area contributed by atoms with Gasteiger partial charge in [-0.25, -0.2) is 15.0 Å². The molecule has 3 aromatic heterocycles. The second kappa shape index (κ2) is 7.39. The summed E-state index contributed by atoms with van der Waals surface area (Å²) in [5.74, 6) is 0.750. The Bertz CT molecular complexity index is 1800. The van der Waals surface area contributed by atoms with E-state index in [9.17, 15) is 0 Å². The van der Waals surface area contributed by atoms with Crippen LogP contribution in [0.3, 0.4) is 0 Å². The Kier molecular flexibility index (Phi) is 4.08. The number of rotatable bonds is 3. The standard InChI is InChI=1S/C29H18N4O/c1-3-8-19(9-4-1)20-14-15-22-23-12-7-13-24(26(23)34-25(22)18-20)28-32-27-29(31-17-16-30-27)33(28)21-10-5-2-6-11-21/h1-18H. The SMILES string of the molecule is c1ccc(-c2ccc3c(c2)oc2c(-c4nc5nccnc5n4-c4ccccc4)cccc23)cc1. The molecule has 4 aromatic carbocycles. The molecular formula is C29H18N4O. The Balaban J connectivity index is 1.50. The van der Waals surface area contributed by atoms with Gasteiger partial charge in [-0.3, -0.25) is 4.57 Å². The zero-order chi connectivity index (χ0) is 22.5. The van der Waals surface area contributed by atoms with Crippen molar-refractivity contribution < 1.29 is 4.42 Å². The predicted octanol–water partition coefficient (Wildman–Crippen LogP) is 7.05. The fourth-order valence-corrected chi connectivity index (χ4v) is 4.60. The van der Waals surface area contributed by atoms with Gasteiger partial charge in [0.05, 0.1) is 5.56 Å². The molecule has 0 saturated heterocycles. The lowest BCUT2D eigenvalue weighted by Crippen LogP contribution is -1.98. The van der Waals surface area contributed by atoms with Crippen molar-refractivity contribution >= 4 is 33.2 Å². The maximum absolute atomic E-state index is 6.49. The summed E-state index contributed by atoms with van der Waals surface area (Å²) in [7, 11) is 0. The zero-order valence-corrected chi connectivity index (χ0v) is 18.1. The van der Waals surface area contributed by atoms with E-state index in [1.165, 1.54) is 0 Å². The highest BCUT2D eigenvalue weighted by Gasteiger charge is 2.20. The van der Waals surface area contributed by atoms with Gasteiger partial charge in [0, 0.05) is 28.9 Å². The van der Waals surface area contributed by atoms with Gasteiger partial charge in [-0.1, -0.05) is 66.7 Å². The van der Waals surface area contributed by atoms with E-state index in [-0.39, 0.29) is 0 Å². The van der Waals surface area contributed by atoms with Crippen LogP contribution in [0, 0.1) is 0 Å². The number of aromatic nitrogens is 4. The quantitative estimate of drug-likeness (QED) is 0.297. The van der Waals surface area contributed by atoms with Gasteiger partial charge in [-0.05, 0) is 41.5 Å². The molecule has 5 heteroatoms. The van der Waals surface area contributed by atoms with Crippen LogP contribution in [0.15, 0.2) is 114 Å². The van der Waals surface area contributed by atoms with Crippen LogP contribution in [0.1, 0.15) is 0 Å². The molecule has 0 unspecified atom stereocenters. The number of para-hydroxylation sites is 2. The second-order valence-corrected chi connectivity index (χ2v) is 8.17. The molecule has 7 rings (SSSR count). The highest BCUT2D eigenvalue weighted by molar-refractivity contribution is 6.10. The second-order valence-electron chi connectivity index (χ2n) is 8.17. The summed E-state index contributed by atoms with van der Waals surface area (Å²) >= 11 is 0. The van der Waals surface area contributed by atoms with Crippen molar-refractivity contribution in [3.8, 4) is 28.2 Å². The maximum Gasteiger partial charge on any atom is 0.198 e. The molecule has 0 N–H and O–H groups in total. The Morgan fingerprint density at radius 3 is 2.29 bits per heavy atom. The van der Waals surface area contributed by atoms with Gasteiger partial charge < -0.3 is 4.42 Å². The molecule has 0 radical (unpaired) electrons. The lowest BCUT2D eigenvalue weighted by atomic mass is 10.0. The van der Waals surface area contributed by atoms with E-state index in [1.54, 1.807) is 12.4 Å². The zero-order valence-electron chi connectivity index (χ0n) is 18.1. The van der Waals surface area contributed by atoms with Gasteiger partial charge in [0.1, 0.15) is 11.2 Å². The fourth-order valence-electron chi connectivity index (χ4n) is 4.60. The number of imidazole rings is 1. The van der Waals surface area contributed by atoms with Gasteiger partial charge in [0.15, 0.2) is 17.1 Å². The van der Waals surface area contributed by atoms with Crippen molar-refractivity contribution in [1.82, 2.24) is 19.5 Å². The van der Waals surface area contributed by atoms with Gasteiger partial charge in [-0.15, -0.1) is 0 Å². The highest BCUT2D eigenvalue weighted by Crippen LogP contribution is 2.38. The summed E-state index contributed by atoms with van der Waals surface area (Å²) in [4.78, 5) is 13.9. The average Bonchev–Trinajstić information content (AvgIpc) is 3.48. The summed E-state index contributed by atoms with van der Waals surface area (Å²) in [6, 6.07) is 33.0. The van der Waals surface area contributed by atoms with Crippen LogP contribution >= 0.6 is 0 Å². The van der Waals surface area contributed by atoms with Crippen LogP contribution in [-0.4, -0.2) is 19.5 Å². The molecule has 5 nitrogen and oxygen atoms in total. The Morgan fingerprint density at radius 1 is 0.647 bits per heavy atom. The summed E-state index contributed by atoms with van der Waals surface area (Å²) in [6.45, 7) is 0. The lowest BCUT2D eigenvalue weighted by Gasteiger charge is -2.08. The van der Waals surface area contributed by atoms with Gasteiger partial charge in [0.2, 0.25) is 0 Å². The summed E-state index contributed by atoms with van der Waals surface area (Å²) < 4.78 is 8.53. The van der Waals surface area contributed by atoms with E-state index < -0.39 is 0 Å². The topological polar surface area (TPSA) is 56.7 Å². The largest absolute Gasteiger partial charge is 0.455 e. The smallest absolute Gasteiger partial charge is 0.198 e. The van der Waals surface area contributed by atoms with Crippen molar-refractivity contribution in [2.75, 3.05) is 0 Å². The highest BCUT2D eigenvalue weighted by atomic mass is 16.3. The number of fused-ring (bicyclic) bond motifs is 4. The molecule has 0 spiro atoms. The van der Waals surface area contributed by atoms with Crippen LogP contribution in [0.5, 0.6) is 0 Å². The first kappa shape index (κ1) is 18.8. The van der Waals surface area contributed by atoms with Crippen LogP contribution in [0.2, 0.25) is 0 Å². The maximum atomic E-state index is 6.49. The normalized spacial score (nSPS) is 11.5. The van der Waals surface area contributed by atoms with Crippen molar-refractivity contribution in [2.45, 2.75) is 0 Å². The Labute approximate surface area is 195 Å². The van der Waals surface area contributed by atoms with E-state index in [0.29, 0.717) is 11.3 Å². The summed E-state index contributed by atoms with van der Waals surface area (Å²) in [5.41, 5.74) is 7.12. The fraction of sp³-hybridized carbons (Fsp3) is 0. The molecule has 7 aromatic rings. The first-order valence-corrected chi connectivity index (χ1v) is 11.1. The third kappa shape index (κ3) is 2.84. The molecule has 0 aliphatic rings. The summed E-state index contributed by atoms with van der Waals surface area (Å²) in [5, 5.41) is 2.13. The first-order valence-electron chi connectivity index (χ1n) is 11.1. The van der Waals surface area contributed by atoms with Crippen LogP contribution in [0.25, 0.3) is 61.4 Å². The molecule has 0 bridgehead atoms. The molecule has 34 heavy (non-hydrogen) atoms.